The molecule has 0 atom stereocenters. The molecule has 0 amide bonds. The topological polar surface area (TPSA) is 100 Å². The van der Waals surface area contributed by atoms with Crippen LogP contribution in [0.5, 0.6) is 11.5 Å². The van der Waals surface area contributed by atoms with Crippen molar-refractivity contribution in [2.45, 2.75) is 19.8 Å². The number of esters is 1. The summed E-state index contributed by atoms with van der Waals surface area (Å²) in [5.41, 5.74) is 0.489. The lowest BCUT2D eigenvalue weighted by Crippen LogP contribution is -2.06. The van der Waals surface area contributed by atoms with Crippen LogP contribution in [0.15, 0.2) is 41.0 Å². The zero-order valence-corrected chi connectivity index (χ0v) is 18.2. The summed E-state index contributed by atoms with van der Waals surface area (Å²) in [7, 11) is 1.49. The molecule has 0 N–H and O–H groups in total. The molecule has 10 heteroatoms. The monoisotopic (exact) mass is 464 g/mol. The molecule has 2 aromatic carbocycles. The van der Waals surface area contributed by atoms with E-state index in [1.54, 1.807) is 12.1 Å². The van der Waals surface area contributed by atoms with E-state index in [-0.39, 0.29) is 27.9 Å². The molecule has 0 radical (unpaired) electrons. The molecule has 0 bridgehead atoms. The van der Waals surface area contributed by atoms with Gasteiger partial charge in [-0.15, -0.1) is 0 Å². The van der Waals surface area contributed by atoms with E-state index in [1.807, 2.05) is 0 Å². The Labute approximate surface area is 188 Å². The number of carbonyl (C=O) groups excluding carboxylic acids is 1. The Hall–Kier alpha value is -3.10. The van der Waals surface area contributed by atoms with Crippen molar-refractivity contribution < 1.29 is 23.9 Å². The fourth-order valence-corrected chi connectivity index (χ4v) is 3.22. The third-order valence-corrected chi connectivity index (χ3v) is 4.91. The largest absolute Gasteiger partial charge is 0.493 e. The maximum Gasteiger partial charge on any atom is 0.363 e. The van der Waals surface area contributed by atoms with E-state index in [4.69, 9.17) is 37.4 Å². The maximum absolute atomic E-state index is 12.3. The molecule has 0 fully saturated rings. The zero-order valence-electron chi connectivity index (χ0n) is 16.7. The van der Waals surface area contributed by atoms with Crippen molar-refractivity contribution in [2.24, 2.45) is 4.99 Å². The normalized spacial score (nSPS) is 14.4. The molecule has 0 saturated carbocycles. The first-order valence-corrected chi connectivity index (χ1v) is 10.1. The Morgan fingerprint density at radius 3 is 2.68 bits per heavy atom. The van der Waals surface area contributed by atoms with E-state index in [0.29, 0.717) is 28.7 Å². The lowest BCUT2D eigenvalue weighted by atomic mass is 10.1. The number of nitro benzene ring substituents is 1. The fraction of sp³-hybridized carbons (Fsp3) is 0.238. The number of nitrogens with zero attached hydrogens (tertiary/aromatic N) is 2. The number of halogens is 2. The number of nitro groups is 1. The van der Waals surface area contributed by atoms with Crippen molar-refractivity contribution in [3.05, 3.63) is 67.3 Å². The predicted octanol–water partition coefficient (Wildman–Crippen LogP) is 5.43. The Kier molecular flexibility index (Phi) is 7.14. The van der Waals surface area contributed by atoms with Crippen LogP contribution in [-0.4, -0.2) is 30.5 Å². The number of ether oxygens (including phenoxy) is 3. The van der Waals surface area contributed by atoms with Crippen LogP contribution in [0.2, 0.25) is 10.0 Å². The fourth-order valence-electron chi connectivity index (χ4n) is 2.76. The second-order valence-corrected chi connectivity index (χ2v) is 7.31. The molecule has 1 aliphatic rings. The van der Waals surface area contributed by atoms with Crippen LogP contribution in [0.25, 0.3) is 6.08 Å². The Morgan fingerprint density at radius 1 is 1.23 bits per heavy atom. The molecule has 0 spiro atoms. The molecule has 8 nitrogen and oxygen atoms in total. The van der Waals surface area contributed by atoms with Gasteiger partial charge in [0.2, 0.25) is 5.90 Å². The summed E-state index contributed by atoms with van der Waals surface area (Å²) in [5.74, 6) is 0.0744. The SMILES string of the molecule is CCCCOc1c(Cl)cc(/C=C2\N=C(c3ccc(Cl)c([N+](=O)[O-])c3)OC2=O)cc1OC. The van der Waals surface area contributed by atoms with Gasteiger partial charge in [0, 0.05) is 11.6 Å². The minimum atomic E-state index is -0.703. The molecule has 2 aromatic rings. The van der Waals surface area contributed by atoms with E-state index in [2.05, 4.69) is 11.9 Å². The molecule has 31 heavy (non-hydrogen) atoms. The zero-order chi connectivity index (χ0) is 22.5. The van der Waals surface area contributed by atoms with Crippen molar-refractivity contribution in [2.75, 3.05) is 13.7 Å². The van der Waals surface area contributed by atoms with Crippen molar-refractivity contribution in [1.29, 1.82) is 0 Å². The summed E-state index contributed by atoms with van der Waals surface area (Å²) >= 11 is 12.2. The van der Waals surface area contributed by atoms with E-state index >= 15 is 0 Å². The van der Waals surface area contributed by atoms with Crippen molar-refractivity contribution in [1.82, 2.24) is 0 Å². The number of benzene rings is 2. The quantitative estimate of drug-likeness (QED) is 0.169. The van der Waals surface area contributed by atoms with Crippen LogP contribution in [0.4, 0.5) is 5.69 Å². The summed E-state index contributed by atoms with van der Waals surface area (Å²) in [6, 6.07) is 7.29. The first-order valence-electron chi connectivity index (χ1n) is 9.31. The van der Waals surface area contributed by atoms with Crippen LogP contribution < -0.4 is 9.47 Å². The predicted molar refractivity (Wildman–Crippen MR) is 117 cm³/mol. The van der Waals surface area contributed by atoms with Gasteiger partial charge in [-0.3, -0.25) is 10.1 Å². The van der Waals surface area contributed by atoms with E-state index in [9.17, 15) is 14.9 Å². The molecular weight excluding hydrogens is 447 g/mol. The standard InChI is InChI=1S/C21H18Cl2N2O6/c1-3-4-7-30-19-15(23)8-12(10-18(19)29-2)9-16-21(26)31-20(24-16)13-5-6-14(22)17(11-13)25(27)28/h5-6,8-11H,3-4,7H2,1-2H3/b16-9-. The first-order chi connectivity index (χ1) is 14.8. The highest BCUT2D eigenvalue weighted by Gasteiger charge is 2.26. The van der Waals surface area contributed by atoms with Gasteiger partial charge in [0.15, 0.2) is 17.2 Å². The average molecular weight is 465 g/mol. The smallest absolute Gasteiger partial charge is 0.363 e. The van der Waals surface area contributed by atoms with Gasteiger partial charge >= 0.3 is 5.97 Å². The third kappa shape index (κ3) is 5.15. The molecule has 0 aromatic heterocycles. The minimum Gasteiger partial charge on any atom is -0.493 e. The molecular formula is C21H18Cl2N2O6. The first kappa shape index (κ1) is 22.6. The van der Waals surface area contributed by atoms with Gasteiger partial charge in [0.25, 0.3) is 5.69 Å². The number of hydrogen-bond donors (Lipinski definition) is 0. The number of cyclic esters (lactones) is 1. The van der Waals surface area contributed by atoms with Gasteiger partial charge in [-0.25, -0.2) is 9.79 Å². The second kappa shape index (κ2) is 9.80. The highest BCUT2D eigenvalue weighted by Crippen LogP contribution is 2.37. The highest BCUT2D eigenvalue weighted by atomic mass is 35.5. The van der Waals surface area contributed by atoms with Crippen LogP contribution in [-0.2, 0) is 9.53 Å². The number of unbranched alkanes of at least 4 members (excludes halogenated alkanes) is 1. The van der Waals surface area contributed by atoms with Gasteiger partial charge < -0.3 is 14.2 Å². The summed E-state index contributed by atoms with van der Waals surface area (Å²) in [6.07, 6.45) is 3.32. The highest BCUT2D eigenvalue weighted by molar-refractivity contribution is 6.33. The summed E-state index contributed by atoms with van der Waals surface area (Å²) in [6.45, 7) is 2.55. The molecule has 0 aliphatic carbocycles. The molecule has 3 rings (SSSR count). The second-order valence-electron chi connectivity index (χ2n) is 6.50. The van der Waals surface area contributed by atoms with Gasteiger partial charge in [-0.05, 0) is 42.3 Å². The number of rotatable bonds is 8. The van der Waals surface area contributed by atoms with E-state index in [0.717, 1.165) is 12.8 Å². The summed E-state index contributed by atoms with van der Waals surface area (Å²) < 4.78 is 16.2. The van der Waals surface area contributed by atoms with E-state index < -0.39 is 10.9 Å². The van der Waals surface area contributed by atoms with Crippen molar-refractivity contribution in [3.8, 4) is 11.5 Å². The number of carbonyl (C=O) groups is 1. The van der Waals surface area contributed by atoms with E-state index in [1.165, 1.54) is 31.4 Å². The van der Waals surface area contributed by atoms with Crippen LogP contribution in [0.3, 0.4) is 0 Å². The molecule has 162 valence electrons. The number of aliphatic imine (C=N–C) groups is 1. The summed E-state index contributed by atoms with van der Waals surface area (Å²) in [4.78, 5) is 26.9. The van der Waals surface area contributed by atoms with Crippen LogP contribution in [0.1, 0.15) is 30.9 Å². The van der Waals surface area contributed by atoms with Crippen molar-refractivity contribution >= 4 is 46.8 Å². The van der Waals surface area contributed by atoms with Crippen molar-refractivity contribution in [3.63, 3.8) is 0 Å². The number of methoxy groups -OCH3 is 1. The Morgan fingerprint density at radius 2 is 2.00 bits per heavy atom. The maximum atomic E-state index is 12.3. The minimum absolute atomic E-state index is 0.00498. The molecule has 0 saturated heterocycles. The third-order valence-electron chi connectivity index (χ3n) is 4.31. The summed E-state index contributed by atoms with van der Waals surface area (Å²) in [5, 5.41) is 11.4. The van der Waals surface area contributed by atoms with Crippen LogP contribution >= 0.6 is 23.2 Å². The lowest BCUT2D eigenvalue weighted by Gasteiger charge is -2.13. The molecule has 1 heterocycles. The van der Waals surface area contributed by atoms with Crippen LogP contribution in [0, 0.1) is 10.1 Å². The van der Waals surface area contributed by atoms with Gasteiger partial charge in [-0.2, -0.15) is 0 Å². The Bertz CT molecular complexity index is 1100. The van der Waals surface area contributed by atoms with Gasteiger partial charge in [0.1, 0.15) is 5.02 Å². The van der Waals surface area contributed by atoms with Gasteiger partial charge in [0.05, 0.1) is 23.7 Å². The molecule has 1 aliphatic heterocycles. The lowest BCUT2D eigenvalue weighted by molar-refractivity contribution is -0.384. The average Bonchev–Trinajstić information content (AvgIpc) is 3.09. The number of hydrogen-bond acceptors (Lipinski definition) is 7. The Balaban J connectivity index is 1.92. The van der Waals surface area contributed by atoms with Gasteiger partial charge in [-0.1, -0.05) is 36.5 Å². The molecule has 0 unspecified atom stereocenters.